The second kappa shape index (κ2) is 6.17. The molecule has 1 unspecified atom stereocenters. The maximum absolute atomic E-state index is 3.90. The van der Waals surface area contributed by atoms with Crippen LogP contribution in [-0.2, 0) is 6.54 Å². The van der Waals surface area contributed by atoms with Crippen LogP contribution in [0.2, 0.25) is 0 Å². The molecule has 1 atom stereocenters. The summed E-state index contributed by atoms with van der Waals surface area (Å²) in [5.74, 6) is 0. The van der Waals surface area contributed by atoms with Gasteiger partial charge in [-0.15, -0.1) is 0 Å². The third kappa shape index (κ3) is 3.78. The Bertz CT molecular complexity index is 276. The summed E-state index contributed by atoms with van der Waals surface area (Å²) >= 11 is 3.49. The summed E-state index contributed by atoms with van der Waals surface area (Å²) in [5, 5.41) is 0. The lowest BCUT2D eigenvalue weighted by Gasteiger charge is -2.15. The molecule has 0 heterocycles. The van der Waals surface area contributed by atoms with Crippen molar-refractivity contribution in [2.45, 2.75) is 13.5 Å². The van der Waals surface area contributed by atoms with E-state index in [4.69, 9.17) is 0 Å². The second-order valence-electron chi connectivity index (χ2n) is 3.51. The first-order chi connectivity index (χ1) is 6.76. The largest absolute Gasteiger partial charge is 0.353 e. The van der Waals surface area contributed by atoms with Crippen LogP contribution in [0.15, 0.2) is 28.7 Å². The molecule has 1 aromatic carbocycles. The van der Waals surface area contributed by atoms with Crippen LogP contribution in [0.1, 0.15) is 12.5 Å². The molecule has 0 spiro atoms. The molecule has 0 aliphatic rings. The first-order valence-electron chi connectivity index (χ1n) is 5.13. The Morgan fingerprint density at radius 1 is 1.43 bits per heavy atom. The number of hydrogen-bond acceptors (Lipinski definition) is 0. The summed E-state index contributed by atoms with van der Waals surface area (Å²) < 4.78 is 1.17. The lowest BCUT2D eigenvalue weighted by atomic mass is 10.2. The molecule has 14 heavy (non-hydrogen) atoms. The van der Waals surface area contributed by atoms with Crippen LogP contribution in [0.4, 0.5) is 0 Å². The summed E-state index contributed by atoms with van der Waals surface area (Å²) in [6.45, 7) is 6.66. The van der Waals surface area contributed by atoms with E-state index in [-0.39, 0.29) is 0 Å². The predicted octanol–water partition coefficient (Wildman–Crippen LogP) is 0.0958. The molecule has 0 saturated heterocycles. The van der Waals surface area contributed by atoms with Crippen LogP contribution in [0.25, 0.3) is 0 Å². The van der Waals surface area contributed by atoms with Crippen molar-refractivity contribution in [3.63, 3.8) is 0 Å². The minimum atomic E-state index is 1.01. The van der Waals surface area contributed by atoms with Crippen LogP contribution < -0.4 is 10.6 Å². The number of hydrogen-bond donors (Lipinski definition) is 2. The van der Waals surface area contributed by atoms with Gasteiger partial charge in [-0.1, -0.05) is 28.1 Å². The zero-order valence-corrected chi connectivity index (χ0v) is 10.3. The fourth-order valence-electron chi connectivity index (χ4n) is 1.58. The Morgan fingerprint density at radius 3 is 2.79 bits per heavy atom. The van der Waals surface area contributed by atoms with Crippen LogP contribution in [0, 0.1) is 0 Å². The Kier molecular flexibility index (Phi) is 5.15. The SMILES string of the molecule is CC[NH+](CC[NH3+])Cc1cccc(Br)c1. The van der Waals surface area contributed by atoms with Crippen molar-refractivity contribution in [1.82, 2.24) is 0 Å². The Hall–Kier alpha value is -0.380. The molecule has 4 N–H and O–H groups in total. The lowest BCUT2D eigenvalue weighted by molar-refractivity contribution is -0.916. The summed E-state index contributed by atoms with van der Waals surface area (Å²) in [6, 6.07) is 8.54. The summed E-state index contributed by atoms with van der Waals surface area (Å²) in [4.78, 5) is 1.60. The lowest BCUT2D eigenvalue weighted by Crippen LogP contribution is -3.11. The number of rotatable bonds is 5. The van der Waals surface area contributed by atoms with E-state index in [0.29, 0.717) is 0 Å². The smallest absolute Gasteiger partial charge is 0.127 e. The topological polar surface area (TPSA) is 32.1 Å². The number of likely N-dealkylation sites (N-methyl/N-ethyl adjacent to an activating group) is 1. The fraction of sp³-hybridized carbons (Fsp3) is 0.455. The molecule has 2 nitrogen and oxygen atoms in total. The number of benzene rings is 1. The van der Waals surface area contributed by atoms with Gasteiger partial charge in [-0.2, -0.15) is 0 Å². The summed E-state index contributed by atoms with van der Waals surface area (Å²) in [6.07, 6.45) is 0. The number of quaternary nitrogens is 2. The van der Waals surface area contributed by atoms with E-state index in [2.05, 4.69) is 52.9 Å². The third-order valence-electron chi connectivity index (χ3n) is 2.37. The van der Waals surface area contributed by atoms with E-state index in [0.717, 1.165) is 19.6 Å². The molecule has 0 bridgehead atoms. The Balaban J connectivity index is 2.57. The fourth-order valence-corrected chi connectivity index (χ4v) is 2.02. The highest BCUT2D eigenvalue weighted by atomic mass is 79.9. The van der Waals surface area contributed by atoms with E-state index in [1.165, 1.54) is 16.6 Å². The molecule has 0 radical (unpaired) electrons. The van der Waals surface area contributed by atoms with E-state index in [1.807, 2.05) is 0 Å². The molecular weight excluding hydrogens is 240 g/mol. The number of halogens is 1. The van der Waals surface area contributed by atoms with E-state index < -0.39 is 0 Å². The van der Waals surface area contributed by atoms with Crippen LogP contribution in [0.3, 0.4) is 0 Å². The molecule has 78 valence electrons. The maximum atomic E-state index is 3.90. The van der Waals surface area contributed by atoms with Gasteiger partial charge in [0.05, 0.1) is 6.54 Å². The van der Waals surface area contributed by atoms with Gasteiger partial charge in [0, 0.05) is 10.0 Å². The molecular formula is C11H19BrN2+2. The molecule has 0 fully saturated rings. The van der Waals surface area contributed by atoms with Crippen molar-refractivity contribution in [2.75, 3.05) is 19.6 Å². The molecule has 3 heteroatoms. The van der Waals surface area contributed by atoms with Gasteiger partial charge in [-0.05, 0) is 19.1 Å². The second-order valence-corrected chi connectivity index (χ2v) is 4.43. The van der Waals surface area contributed by atoms with Crippen molar-refractivity contribution in [3.8, 4) is 0 Å². The van der Waals surface area contributed by atoms with Gasteiger partial charge in [0.15, 0.2) is 0 Å². The normalized spacial score (nSPS) is 12.8. The first-order valence-corrected chi connectivity index (χ1v) is 5.92. The van der Waals surface area contributed by atoms with Crippen molar-refractivity contribution >= 4 is 15.9 Å². The highest BCUT2D eigenvalue weighted by Gasteiger charge is 2.06. The van der Waals surface area contributed by atoms with Gasteiger partial charge in [0.25, 0.3) is 0 Å². The molecule has 0 aliphatic heterocycles. The van der Waals surface area contributed by atoms with Crippen LogP contribution in [0.5, 0.6) is 0 Å². The highest BCUT2D eigenvalue weighted by molar-refractivity contribution is 9.10. The average Bonchev–Trinajstić information content (AvgIpc) is 2.17. The predicted molar refractivity (Wildman–Crippen MR) is 62.0 cm³/mol. The number of nitrogens with one attached hydrogen (secondary N) is 1. The van der Waals surface area contributed by atoms with Crippen LogP contribution in [-0.4, -0.2) is 19.6 Å². The van der Waals surface area contributed by atoms with E-state index >= 15 is 0 Å². The average molecular weight is 259 g/mol. The summed E-state index contributed by atoms with van der Waals surface area (Å²) in [7, 11) is 0. The van der Waals surface area contributed by atoms with Crippen molar-refractivity contribution in [2.24, 2.45) is 0 Å². The molecule has 0 saturated carbocycles. The minimum absolute atomic E-state index is 1.01. The third-order valence-corrected chi connectivity index (χ3v) is 2.87. The van der Waals surface area contributed by atoms with E-state index in [1.54, 1.807) is 4.90 Å². The molecule has 0 amide bonds. The zero-order valence-electron chi connectivity index (χ0n) is 8.72. The Morgan fingerprint density at radius 2 is 2.21 bits per heavy atom. The molecule has 1 aromatic rings. The quantitative estimate of drug-likeness (QED) is 0.751. The molecule has 0 aliphatic carbocycles. The minimum Gasteiger partial charge on any atom is -0.353 e. The highest BCUT2D eigenvalue weighted by Crippen LogP contribution is 2.10. The molecule has 0 aromatic heterocycles. The van der Waals surface area contributed by atoms with Crippen LogP contribution >= 0.6 is 15.9 Å². The molecule has 1 rings (SSSR count). The van der Waals surface area contributed by atoms with E-state index in [9.17, 15) is 0 Å². The van der Waals surface area contributed by atoms with Crippen molar-refractivity contribution in [3.05, 3.63) is 34.3 Å². The maximum Gasteiger partial charge on any atom is 0.127 e. The standard InChI is InChI=1S/C11H17BrN2/c1-2-14(7-6-13)9-10-4-3-5-11(12)8-10/h3-5,8H,2,6-7,9,13H2,1H3/p+2. The zero-order chi connectivity index (χ0) is 10.4. The summed E-state index contributed by atoms with van der Waals surface area (Å²) in [5.41, 5.74) is 5.30. The first kappa shape index (κ1) is 11.7. The van der Waals surface area contributed by atoms with Gasteiger partial charge < -0.3 is 10.6 Å². The Labute approximate surface area is 94.2 Å². The van der Waals surface area contributed by atoms with Gasteiger partial charge in [-0.3, -0.25) is 0 Å². The van der Waals surface area contributed by atoms with Gasteiger partial charge in [0.1, 0.15) is 19.6 Å². The van der Waals surface area contributed by atoms with Crippen molar-refractivity contribution < 1.29 is 10.6 Å². The monoisotopic (exact) mass is 258 g/mol. The van der Waals surface area contributed by atoms with Gasteiger partial charge in [-0.25, -0.2) is 0 Å². The van der Waals surface area contributed by atoms with Crippen molar-refractivity contribution in [1.29, 1.82) is 0 Å². The van der Waals surface area contributed by atoms with Gasteiger partial charge >= 0.3 is 0 Å². The van der Waals surface area contributed by atoms with Gasteiger partial charge in [0.2, 0.25) is 0 Å².